The molecule has 2 saturated heterocycles. The standard InChI is InChI=1S/C28H30N6O5/c1-17(2)12-21(32-28(38)39-24-15-30-19-7-3-4-8-20(19)31-24)27(37)33-11-9-22-26(33)23(35)16-34(22)25(36)13-18-6-5-10-29-14-18/h3-8,10,14-15,17,21-22,26H,9,11-13,16H2,1-2H3,(H,32,38). The van der Waals surface area contributed by atoms with E-state index in [0.717, 1.165) is 5.56 Å². The molecule has 3 atom stereocenters. The highest BCUT2D eigenvalue weighted by molar-refractivity contribution is 5.99. The summed E-state index contributed by atoms with van der Waals surface area (Å²) in [5.74, 6) is -0.627. The van der Waals surface area contributed by atoms with Crippen molar-refractivity contribution in [3.63, 3.8) is 0 Å². The molecule has 5 rings (SSSR count). The van der Waals surface area contributed by atoms with E-state index in [2.05, 4.69) is 20.3 Å². The number of fused-ring (bicyclic) bond motifs is 2. The van der Waals surface area contributed by atoms with Crippen LogP contribution in [0.5, 0.6) is 5.88 Å². The summed E-state index contributed by atoms with van der Waals surface area (Å²) in [4.78, 5) is 68.1. The predicted molar refractivity (Wildman–Crippen MR) is 141 cm³/mol. The van der Waals surface area contributed by atoms with Gasteiger partial charge in [-0.15, -0.1) is 0 Å². The van der Waals surface area contributed by atoms with Crippen LogP contribution in [0.1, 0.15) is 32.3 Å². The molecule has 2 fully saturated rings. The molecule has 0 bridgehead atoms. The Morgan fingerprint density at radius 1 is 1.08 bits per heavy atom. The second kappa shape index (κ2) is 11.1. The average molecular weight is 531 g/mol. The normalized spacial score (nSPS) is 19.3. The van der Waals surface area contributed by atoms with Crippen LogP contribution < -0.4 is 10.1 Å². The van der Waals surface area contributed by atoms with E-state index >= 15 is 0 Å². The molecule has 0 saturated carbocycles. The molecule has 11 nitrogen and oxygen atoms in total. The molecule has 3 unspecified atom stereocenters. The second-order valence-corrected chi connectivity index (χ2v) is 10.3. The highest BCUT2D eigenvalue weighted by atomic mass is 16.6. The number of hydrogen-bond donors (Lipinski definition) is 1. The maximum Gasteiger partial charge on any atom is 0.414 e. The molecule has 2 aliphatic rings. The van der Waals surface area contributed by atoms with E-state index in [9.17, 15) is 19.2 Å². The van der Waals surface area contributed by atoms with Gasteiger partial charge >= 0.3 is 6.09 Å². The number of likely N-dealkylation sites (tertiary alicyclic amines) is 2. The maximum atomic E-state index is 13.7. The van der Waals surface area contributed by atoms with Crippen molar-refractivity contribution in [3.05, 3.63) is 60.6 Å². The number of Topliss-reactive ketones (excluding diaryl/α,β-unsaturated/α-hetero) is 1. The van der Waals surface area contributed by atoms with Crippen molar-refractivity contribution < 1.29 is 23.9 Å². The minimum absolute atomic E-state index is 0.0110. The van der Waals surface area contributed by atoms with Crippen LogP contribution in [0.4, 0.5) is 4.79 Å². The number of benzene rings is 1. The Bertz CT molecular complexity index is 1400. The number of amides is 3. The van der Waals surface area contributed by atoms with Gasteiger partial charge in [-0.3, -0.25) is 19.4 Å². The van der Waals surface area contributed by atoms with Gasteiger partial charge in [0.1, 0.15) is 12.1 Å². The fraction of sp³-hybridized carbons (Fsp3) is 0.393. The molecule has 3 aromatic rings. The van der Waals surface area contributed by atoms with Gasteiger partial charge in [0.2, 0.25) is 17.7 Å². The van der Waals surface area contributed by atoms with Crippen molar-refractivity contribution in [1.29, 1.82) is 0 Å². The van der Waals surface area contributed by atoms with Gasteiger partial charge in [0, 0.05) is 18.9 Å². The smallest absolute Gasteiger partial charge is 0.390 e. The lowest BCUT2D eigenvalue weighted by molar-refractivity contribution is -0.138. The first-order valence-corrected chi connectivity index (χ1v) is 13.0. The number of nitrogens with one attached hydrogen (secondary N) is 1. The Hall–Kier alpha value is -4.41. The number of ketones is 1. The molecule has 1 N–H and O–H groups in total. The van der Waals surface area contributed by atoms with Crippen molar-refractivity contribution in [2.75, 3.05) is 13.1 Å². The van der Waals surface area contributed by atoms with Gasteiger partial charge in [0.15, 0.2) is 5.78 Å². The Morgan fingerprint density at radius 2 is 1.87 bits per heavy atom. The van der Waals surface area contributed by atoms with Crippen LogP contribution in [-0.4, -0.2) is 79.7 Å². The largest absolute Gasteiger partial charge is 0.414 e. The molecular weight excluding hydrogens is 500 g/mol. The number of pyridine rings is 1. The Kier molecular flexibility index (Phi) is 7.49. The Morgan fingerprint density at radius 3 is 2.62 bits per heavy atom. The topological polar surface area (TPSA) is 135 Å². The summed E-state index contributed by atoms with van der Waals surface area (Å²) < 4.78 is 5.34. The van der Waals surface area contributed by atoms with Gasteiger partial charge in [0.05, 0.1) is 36.2 Å². The monoisotopic (exact) mass is 530 g/mol. The van der Waals surface area contributed by atoms with Crippen LogP contribution in [0.15, 0.2) is 55.0 Å². The van der Waals surface area contributed by atoms with Crippen LogP contribution in [-0.2, 0) is 20.8 Å². The van der Waals surface area contributed by atoms with E-state index in [1.54, 1.807) is 41.6 Å². The molecule has 2 aliphatic heterocycles. The fourth-order valence-corrected chi connectivity index (χ4v) is 5.32. The summed E-state index contributed by atoms with van der Waals surface area (Å²) in [6.07, 6.45) is 4.76. The second-order valence-electron chi connectivity index (χ2n) is 10.3. The molecule has 3 amide bonds. The van der Waals surface area contributed by atoms with Crippen LogP contribution >= 0.6 is 0 Å². The quantitative estimate of drug-likeness (QED) is 0.491. The zero-order valence-electron chi connectivity index (χ0n) is 21.8. The highest BCUT2D eigenvalue weighted by Crippen LogP contribution is 2.31. The first-order chi connectivity index (χ1) is 18.8. The average Bonchev–Trinajstić information content (AvgIpc) is 3.49. The van der Waals surface area contributed by atoms with E-state index < -0.39 is 18.2 Å². The Labute approximate surface area is 225 Å². The minimum Gasteiger partial charge on any atom is -0.390 e. The number of rotatable bonds is 7. The lowest BCUT2D eigenvalue weighted by Crippen LogP contribution is -2.53. The lowest BCUT2D eigenvalue weighted by atomic mass is 10.0. The van der Waals surface area contributed by atoms with Gasteiger partial charge in [-0.25, -0.2) is 14.8 Å². The molecule has 0 radical (unpaired) electrons. The summed E-state index contributed by atoms with van der Waals surface area (Å²) in [6.45, 7) is 4.16. The van der Waals surface area contributed by atoms with Crippen LogP contribution in [0.25, 0.3) is 11.0 Å². The molecule has 0 spiro atoms. The summed E-state index contributed by atoms with van der Waals surface area (Å²) in [5, 5.41) is 2.66. The third-order valence-corrected chi connectivity index (χ3v) is 7.02. The van der Waals surface area contributed by atoms with E-state index in [1.165, 1.54) is 11.1 Å². The predicted octanol–water partition coefficient (Wildman–Crippen LogP) is 2.15. The fourth-order valence-electron chi connectivity index (χ4n) is 5.32. The molecule has 2 aromatic heterocycles. The zero-order valence-corrected chi connectivity index (χ0v) is 21.8. The zero-order chi connectivity index (χ0) is 27.5. The van der Waals surface area contributed by atoms with Crippen molar-refractivity contribution in [1.82, 2.24) is 30.1 Å². The lowest BCUT2D eigenvalue weighted by Gasteiger charge is -2.28. The van der Waals surface area contributed by atoms with Crippen molar-refractivity contribution in [3.8, 4) is 5.88 Å². The number of ether oxygens (including phenoxy) is 1. The van der Waals surface area contributed by atoms with Gasteiger partial charge in [-0.1, -0.05) is 32.0 Å². The van der Waals surface area contributed by atoms with Crippen molar-refractivity contribution in [2.45, 2.75) is 51.2 Å². The van der Waals surface area contributed by atoms with Crippen LogP contribution in [0.2, 0.25) is 0 Å². The van der Waals surface area contributed by atoms with Gasteiger partial charge in [-0.05, 0) is 42.5 Å². The van der Waals surface area contributed by atoms with E-state index in [4.69, 9.17) is 4.74 Å². The van der Waals surface area contributed by atoms with Crippen LogP contribution in [0, 0.1) is 5.92 Å². The third-order valence-electron chi connectivity index (χ3n) is 7.02. The van der Waals surface area contributed by atoms with Crippen LogP contribution in [0.3, 0.4) is 0 Å². The summed E-state index contributed by atoms with van der Waals surface area (Å²) >= 11 is 0. The first-order valence-electron chi connectivity index (χ1n) is 13.0. The van der Waals surface area contributed by atoms with Crippen molar-refractivity contribution in [2.24, 2.45) is 5.92 Å². The molecule has 0 aliphatic carbocycles. The molecule has 11 heteroatoms. The maximum absolute atomic E-state index is 13.7. The number of carbonyl (C=O) groups excluding carboxylic acids is 4. The van der Waals surface area contributed by atoms with E-state index in [-0.39, 0.29) is 48.4 Å². The molecule has 202 valence electrons. The summed E-state index contributed by atoms with van der Waals surface area (Å²) in [5.41, 5.74) is 2.00. The molecule has 4 heterocycles. The minimum atomic E-state index is -0.905. The highest BCUT2D eigenvalue weighted by Gasteiger charge is 2.52. The summed E-state index contributed by atoms with van der Waals surface area (Å²) in [7, 11) is 0. The summed E-state index contributed by atoms with van der Waals surface area (Å²) in [6, 6.07) is 8.75. The van der Waals surface area contributed by atoms with E-state index in [0.29, 0.717) is 30.4 Å². The molecule has 1 aromatic carbocycles. The number of hydrogen-bond acceptors (Lipinski definition) is 8. The molecular formula is C28H30N6O5. The van der Waals surface area contributed by atoms with Gasteiger partial charge < -0.3 is 19.9 Å². The number of nitrogens with zero attached hydrogens (tertiary/aromatic N) is 5. The van der Waals surface area contributed by atoms with Gasteiger partial charge in [-0.2, -0.15) is 0 Å². The third kappa shape index (κ3) is 5.71. The van der Waals surface area contributed by atoms with E-state index in [1.807, 2.05) is 26.0 Å². The number of aromatic nitrogens is 3. The Balaban J connectivity index is 1.26. The number of para-hydroxylation sites is 2. The van der Waals surface area contributed by atoms with Gasteiger partial charge in [0.25, 0.3) is 0 Å². The molecule has 39 heavy (non-hydrogen) atoms. The van der Waals surface area contributed by atoms with Crippen molar-refractivity contribution >= 4 is 34.7 Å². The number of carbonyl (C=O) groups is 4. The first kappa shape index (κ1) is 26.2. The SMILES string of the molecule is CC(C)CC(NC(=O)Oc1cnc2ccccc2n1)C(=O)N1CCC2C1C(=O)CN2C(=O)Cc1cccnc1.